The number of hydrogen-bond donors (Lipinski definition) is 0. The number of ether oxygens (including phenoxy) is 1. The third-order valence-electron chi connectivity index (χ3n) is 4.43. The average Bonchev–Trinajstić information content (AvgIpc) is 2.36. The largest absolute Gasteiger partial charge is 0.378 e. The third kappa shape index (κ3) is 3.56. The van der Waals surface area contributed by atoms with E-state index in [1.54, 1.807) is 0 Å². The quantitative estimate of drug-likeness (QED) is 0.765. The predicted octanol–water partition coefficient (Wildman–Crippen LogP) is 2.02. The molecular formula is C15H25NO3. The monoisotopic (exact) mass is 267 g/mol. The van der Waals surface area contributed by atoms with Crippen molar-refractivity contribution < 1.29 is 14.3 Å². The molecule has 1 atom stereocenters. The lowest BCUT2D eigenvalue weighted by Gasteiger charge is -2.37. The molecule has 1 amide bonds. The molecule has 1 heterocycles. The summed E-state index contributed by atoms with van der Waals surface area (Å²) in [5, 5.41) is 0. The molecule has 4 heteroatoms. The number of amides is 1. The molecule has 1 aliphatic heterocycles. The van der Waals surface area contributed by atoms with Crippen molar-refractivity contribution in [3.8, 4) is 0 Å². The summed E-state index contributed by atoms with van der Waals surface area (Å²) in [6.45, 7) is 6.05. The summed E-state index contributed by atoms with van der Waals surface area (Å²) in [6, 6.07) is 0. The minimum Gasteiger partial charge on any atom is -0.378 e. The summed E-state index contributed by atoms with van der Waals surface area (Å²) in [5.41, 5.74) is 0. The molecule has 1 unspecified atom stereocenters. The van der Waals surface area contributed by atoms with E-state index in [0.717, 1.165) is 25.9 Å². The highest BCUT2D eigenvalue weighted by molar-refractivity contribution is 5.85. The minimum atomic E-state index is 0.0651. The maximum atomic E-state index is 12.2. The van der Waals surface area contributed by atoms with Crippen LogP contribution in [0.2, 0.25) is 0 Å². The van der Waals surface area contributed by atoms with E-state index < -0.39 is 0 Å². The van der Waals surface area contributed by atoms with Crippen molar-refractivity contribution in [1.82, 2.24) is 4.90 Å². The first-order valence-electron chi connectivity index (χ1n) is 7.56. The lowest BCUT2D eigenvalue weighted by molar-refractivity contribution is -0.139. The zero-order valence-corrected chi connectivity index (χ0v) is 12.1. The Morgan fingerprint density at radius 3 is 2.74 bits per heavy atom. The van der Waals surface area contributed by atoms with Crippen LogP contribution in [-0.4, -0.2) is 42.4 Å². The summed E-state index contributed by atoms with van der Waals surface area (Å²) in [6.07, 6.45) is 4.42. The fourth-order valence-electron chi connectivity index (χ4n) is 3.08. The van der Waals surface area contributed by atoms with Crippen molar-refractivity contribution in [2.75, 3.05) is 19.7 Å². The van der Waals surface area contributed by atoms with Crippen LogP contribution >= 0.6 is 0 Å². The van der Waals surface area contributed by atoms with Gasteiger partial charge in [-0.1, -0.05) is 6.92 Å². The molecule has 2 fully saturated rings. The Kier molecular flexibility index (Phi) is 4.97. The van der Waals surface area contributed by atoms with E-state index in [1.165, 1.54) is 0 Å². The van der Waals surface area contributed by atoms with Gasteiger partial charge in [-0.15, -0.1) is 0 Å². The van der Waals surface area contributed by atoms with Crippen LogP contribution in [0.5, 0.6) is 0 Å². The van der Waals surface area contributed by atoms with Gasteiger partial charge in [-0.3, -0.25) is 9.59 Å². The fraction of sp³-hybridized carbons (Fsp3) is 0.867. The van der Waals surface area contributed by atoms with Crippen molar-refractivity contribution >= 4 is 11.7 Å². The van der Waals surface area contributed by atoms with Crippen LogP contribution < -0.4 is 0 Å². The van der Waals surface area contributed by atoms with Gasteiger partial charge < -0.3 is 9.64 Å². The Hall–Kier alpha value is -0.900. The Morgan fingerprint density at radius 1 is 1.37 bits per heavy atom. The number of carbonyl (C=O) groups is 2. The van der Waals surface area contributed by atoms with Gasteiger partial charge in [-0.2, -0.15) is 0 Å². The zero-order chi connectivity index (χ0) is 13.8. The number of nitrogens with zero attached hydrogens (tertiary/aromatic N) is 1. The van der Waals surface area contributed by atoms with E-state index in [1.807, 2.05) is 18.7 Å². The fourth-order valence-corrected chi connectivity index (χ4v) is 3.08. The number of carbonyl (C=O) groups excluding carboxylic acids is 2. The molecule has 0 aromatic heterocycles. The number of hydrogen-bond acceptors (Lipinski definition) is 3. The number of likely N-dealkylation sites (tertiary alicyclic amines) is 1. The van der Waals surface area contributed by atoms with E-state index in [2.05, 4.69) is 0 Å². The van der Waals surface area contributed by atoms with Crippen LogP contribution in [-0.2, 0) is 14.3 Å². The minimum absolute atomic E-state index is 0.0651. The van der Waals surface area contributed by atoms with Crippen LogP contribution in [0, 0.1) is 11.8 Å². The van der Waals surface area contributed by atoms with Crippen molar-refractivity contribution in [3.05, 3.63) is 0 Å². The molecule has 0 bridgehead atoms. The number of piperidine rings is 1. The van der Waals surface area contributed by atoms with Crippen LogP contribution in [0.3, 0.4) is 0 Å². The molecule has 1 aliphatic carbocycles. The molecule has 108 valence electrons. The van der Waals surface area contributed by atoms with Gasteiger partial charge in [-0.05, 0) is 32.1 Å². The molecule has 1 saturated heterocycles. The standard InChI is InChI=1S/C15H25NO3/c1-3-12-10-16(6-5-14(12)17)15(18)9-11-7-13(8-11)19-4-2/h11-13H,3-10H2,1-2H3. The zero-order valence-electron chi connectivity index (χ0n) is 12.1. The van der Waals surface area contributed by atoms with E-state index in [9.17, 15) is 9.59 Å². The van der Waals surface area contributed by atoms with Gasteiger partial charge in [0.2, 0.25) is 5.91 Å². The van der Waals surface area contributed by atoms with Crippen LogP contribution in [0.15, 0.2) is 0 Å². The van der Waals surface area contributed by atoms with E-state index >= 15 is 0 Å². The lowest BCUT2D eigenvalue weighted by atomic mass is 9.79. The van der Waals surface area contributed by atoms with Gasteiger partial charge >= 0.3 is 0 Å². The Morgan fingerprint density at radius 2 is 2.11 bits per heavy atom. The normalized spacial score (nSPS) is 31.2. The first-order valence-corrected chi connectivity index (χ1v) is 7.56. The Labute approximate surface area is 115 Å². The highest BCUT2D eigenvalue weighted by Crippen LogP contribution is 2.33. The highest BCUT2D eigenvalue weighted by Gasteiger charge is 2.34. The van der Waals surface area contributed by atoms with Gasteiger partial charge in [0, 0.05) is 38.5 Å². The Bertz CT molecular complexity index is 336. The molecule has 0 spiro atoms. The summed E-state index contributed by atoms with van der Waals surface area (Å²) < 4.78 is 5.51. The molecule has 0 N–H and O–H groups in total. The number of rotatable bonds is 5. The van der Waals surface area contributed by atoms with Gasteiger partial charge in [0.05, 0.1) is 6.10 Å². The van der Waals surface area contributed by atoms with Gasteiger partial charge in [0.15, 0.2) is 0 Å². The maximum absolute atomic E-state index is 12.2. The molecule has 0 aromatic carbocycles. The molecular weight excluding hydrogens is 242 g/mol. The van der Waals surface area contributed by atoms with Crippen molar-refractivity contribution in [2.45, 2.75) is 52.1 Å². The molecule has 1 saturated carbocycles. The second kappa shape index (κ2) is 6.51. The van der Waals surface area contributed by atoms with E-state index in [4.69, 9.17) is 4.74 Å². The molecule has 19 heavy (non-hydrogen) atoms. The smallest absolute Gasteiger partial charge is 0.222 e. The third-order valence-corrected chi connectivity index (χ3v) is 4.43. The Balaban J connectivity index is 1.73. The van der Waals surface area contributed by atoms with Crippen LogP contribution in [0.1, 0.15) is 46.0 Å². The van der Waals surface area contributed by atoms with Gasteiger partial charge in [-0.25, -0.2) is 0 Å². The van der Waals surface area contributed by atoms with E-state index in [0.29, 0.717) is 43.7 Å². The van der Waals surface area contributed by atoms with Gasteiger partial charge in [0.25, 0.3) is 0 Å². The number of ketones is 1. The highest BCUT2D eigenvalue weighted by atomic mass is 16.5. The second-order valence-electron chi connectivity index (χ2n) is 5.78. The van der Waals surface area contributed by atoms with Crippen molar-refractivity contribution in [3.63, 3.8) is 0 Å². The maximum Gasteiger partial charge on any atom is 0.222 e. The van der Waals surface area contributed by atoms with Gasteiger partial charge in [0.1, 0.15) is 5.78 Å². The average molecular weight is 267 g/mol. The topological polar surface area (TPSA) is 46.6 Å². The molecule has 0 radical (unpaired) electrons. The molecule has 0 aromatic rings. The first kappa shape index (κ1) is 14.5. The summed E-state index contributed by atoms with van der Waals surface area (Å²) in [7, 11) is 0. The number of Topliss-reactive ketones (excluding diaryl/α,β-unsaturated/α-hetero) is 1. The lowest BCUT2D eigenvalue weighted by Crippen LogP contribution is -2.45. The molecule has 4 nitrogen and oxygen atoms in total. The van der Waals surface area contributed by atoms with Crippen LogP contribution in [0.4, 0.5) is 0 Å². The van der Waals surface area contributed by atoms with Crippen molar-refractivity contribution in [1.29, 1.82) is 0 Å². The second-order valence-corrected chi connectivity index (χ2v) is 5.78. The molecule has 2 aliphatic rings. The summed E-state index contributed by atoms with van der Waals surface area (Å²) in [4.78, 5) is 25.7. The van der Waals surface area contributed by atoms with Crippen molar-refractivity contribution in [2.24, 2.45) is 11.8 Å². The molecule has 2 rings (SSSR count). The van der Waals surface area contributed by atoms with Crippen LogP contribution in [0.25, 0.3) is 0 Å². The summed E-state index contributed by atoms with van der Waals surface area (Å²) >= 11 is 0. The van der Waals surface area contributed by atoms with E-state index in [-0.39, 0.29) is 11.8 Å². The summed E-state index contributed by atoms with van der Waals surface area (Å²) in [5.74, 6) is 1.11. The predicted molar refractivity (Wildman–Crippen MR) is 72.7 cm³/mol. The first-order chi connectivity index (χ1) is 9.13. The SMILES string of the molecule is CCOC1CC(CC(=O)N2CCC(=O)C(CC)C2)C1.